The summed E-state index contributed by atoms with van der Waals surface area (Å²) in [7, 11) is 0. The van der Waals surface area contributed by atoms with Crippen LogP contribution in [-0.2, 0) is 0 Å². The summed E-state index contributed by atoms with van der Waals surface area (Å²) in [5.74, 6) is -0.438. The van der Waals surface area contributed by atoms with Crippen molar-refractivity contribution in [3.05, 3.63) is 62.1 Å². The van der Waals surface area contributed by atoms with Crippen LogP contribution in [-0.4, -0.2) is 11.0 Å². The van der Waals surface area contributed by atoms with E-state index in [-0.39, 0.29) is 5.11 Å². The second kappa shape index (κ2) is 7.49. The van der Waals surface area contributed by atoms with Gasteiger partial charge in [0.05, 0.1) is 10.7 Å². The molecule has 0 aliphatic heterocycles. The van der Waals surface area contributed by atoms with E-state index in [9.17, 15) is 4.79 Å². The Labute approximate surface area is 152 Å². The summed E-state index contributed by atoms with van der Waals surface area (Å²) in [6.45, 7) is 0. The third-order valence-electron chi connectivity index (χ3n) is 2.53. The standard InChI is InChI=1S/C14H8Cl4N2OS/c15-8-1-2-12(11(18)6-8)19-14(22)20-13(21)7-3-9(16)5-10(17)4-7/h1-6H,(H2,19,20,21,22). The van der Waals surface area contributed by atoms with E-state index < -0.39 is 5.91 Å². The Morgan fingerprint density at radius 2 is 1.55 bits per heavy atom. The van der Waals surface area contributed by atoms with Gasteiger partial charge in [0.1, 0.15) is 0 Å². The van der Waals surface area contributed by atoms with Crippen LogP contribution in [0.15, 0.2) is 36.4 Å². The van der Waals surface area contributed by atoms with Crippen LogP contribution in [0, 0.1) is 0 Å². The predicted octanol–water partition coefficient (Wildman–Crippen LogP) is 5.43. The van der Waals surface area contributed by atoms with E-state index in [4.69, 9.17) is 58.6 Å². The molecule has 3 nitrogen and oxygen atoms in total. The molecule has 0 bridgehead atoms. The molecule has 0 spiro atoms. The van der Waals surface area contributed by atoms with E-state index in [0.717, 1.165) is 0 Å². The molecular formula is C14H8Cl4N2OS. The van der Waals surface area contributed by atoms with Gasteiger partial charge in [-0.1, -0.05) is 46.4 Å². The minimum Gasteiger partial charge on any atom is -0.331 e. The smallest absolute Gasteiger partial charge is 0.257 e. The number of halogens is 4. The lowest BCUT2D eigenvalue weighted by molar-refractivity contribution is 0.0977. The minimum absolute atomic E-state index is 0.0883. The van der Waals surface area contributed by atoms with Gasteiger partial charge in [0.2, 0.25) is 0 Å². The van der Waals surface area contributed by atoms with Crippen LogP contribution >= 0.6 is 58.6 Å². The van der Waals surface area contributed by atoms with Gasteiger partial charge in [-0.2, -0.15) is 0 Å². The molecule has 0 aromatic heterocycles. The van der Waals surface area contributed by atoms with Crippen molar-refractivity contribution in [2.45, 2.75) is 0 Å². The number of amides is 1. The zero-order valence-electron chi connectivity index (χ0n) is 10.8. The molecule has 22 heavy (non-hydrogen) atoms. The Bertz CT molecular complexity index is 731. The first-order valence-electron chi connectivity index (χ1n) is 5.88. The van der Waals surface area contributed by atoms with Crippen molar-refractivity contribution >= 4 is 75.3 Å². The number of anilines is 1. The van der Waals surface area contributed by atoms with Gasteiger partial charge in [0, 0.05) is 20.6 Å². The molecule has 0 aliphatic carbocycles. The molecule has 0 unspecified atom stereocenters. The monoisotopic (exact) mass is 392 g/mol. The summed E-state index contributed by atoms with van der Waals surface area (Å²) >= 11 is 28.6. The number of thiocarbonyl (C=S) groups is 1. The SMILES string of the molecule is O=C(NC(=S)Nc1ccc(Cl)cc1Cl)c1cc(Cl)cc(Cl)c1. The first-order chi connectivity index (χ1) is 10.3. The molecule has 114 valence electrons. The largest absolute Gasteiger partial charge is 0.331 e. The molecule has 0 aliphatic rings. The summed E-state index contributed by atoms with van der Waals surface area (Å²) in [6.07, 6.45) is 0. The van der Waals surface area contributed by atoms with Crippen molar-refractivity contribution in [2.75, 3.05) is 5.32 Å². The lowest BCUT2D eigenvalue weighted by Gasteiger charge is -2.11. The summed E-state index contributed by atoms with van der Waals surface area (Å²) in [6, 6.07) is 9.37. The molecule has 0 heterocycles. The van der Waals surface area contributed by atoms with Gasteiger partial charge in [-0.05, 0) is 48.6 Å². The predicted molar refractivity (Wildman–Crippen MR) is 96.6 cm³/mol. The Kier molecular flexibility index (Phi) is 5.89. The van der Waals surface area contributed by atoms with E-state index in [2.05, 4.69) is 10.6 Å². The maximum absolute atomic E-state index is 12.1. The van der Waals surface area contributed by atoms with Gasteiger partial charge in [-0.25, -0.2) is 0 Å². The summed E-state index contributed by atoms with van der Waals surface area (Å²) in [4.78, 5) is 12.1. The summed E-state index contributed by atoms with van der Waals surface area (Å²) in [5.41, 5.74) is 0.823. The van der Waals surface area contributed by atoms with Crippen molar-refractivity contribution in [1.29, 1.82) is 0 Å². The molecule has 2 rings (SSSR count). The van der Waals surface area contributed by atoms with Gasteiger partial charge < -0.3 is 5.32 Å². The second-order valence-electron chi connectivity index (χ2n) is 4.19. The third kappa shape index (κ3) is 4.73. The van der Waals surface area contributed by atoms with Crippen LogP contribution in [0.4, 0.5) is 5.69 Å². The van der Waals surface area contributed by atoms with Gasteiger partial charge in [0.15, 0.2) is 5.11 Å². The van der Waals surface area contributed by atoms with E-state index >= 15 is 0 Å². The fourth-order valence-corrected chi connectivity index (χ4v) is 2.79. The van der Waals surface area contributed by atoms with Gasteiger partial charge in [-0.15, -0.1) is 0 Å². The average molecular weight is 394 g/mol. The topological polar surface area (TPSA) is 41.1 Å². The molecule has 1 amide bonds. The zero-order chi connectivity index (χ0) is 16.3. The third-order valence-corrected chi connectivity index (χ3v) is 3.72. The normalized spacial score (nSPS) is 10.2. The van der Waals surface area contributed by atoms with Crippen molar-refractivity contribution in [3.63, 3.8) is 0 Å². The Morgan fingerprint density at radius 3 is 2.14 bits per heavy atom. The van der Waals surface area contributed by atoms with Gasteiger partial charge >= 0.3 is 0 Å². The van der Waals surface area contributed by atoms with Crippen molar-refractivity contribution < 1.29 is 4.79 Å². The number of carbonyl (C=O) groups excluding carboxylic acids is 1. The quantitative estimate of drug-likeness (QED) is 0.668. The number of benzene rings is 2. The fraction of sp³-hybridized carbons (Fsp3) is 0. The van der Waals surface area contributed by atoms with Crippen LogP contribution in [0.1, 0.15) is 10.4 Å². The Hall–Kier alpha value is -1.04. The Morgan fingerprint density at radius 1 is 0.909 bits per heavy atom. The lowest BCUT2D eigenvalue weighted by atomic mass is 10.2. The molecule has 8 heteroatoms. The number of rotatable bonds is 2. The number of nitrogens with one attached hydrogen (secondary N) is 2. The molecule has 2 aromatic carbocycles. The van der Waals surface area contributed by atoms with E-state index in [1.807, 2.05) is 0 Å². The van der Waals surface area contributed by atoms with E-state index in [1.54, 1.807) is 18.2 Å². The maximum Gasteiger partial charge on any atom is 0.257 e. The van der Waals surface area contributed by atoms with Crippen LogP contribution < -0.4 is 10.6 Å². The lowest BCUT2D eigenvalue weighted by Crippen LogP contribution is -2.34. The van der Waals surface area contributed by atoms with E-state index in [1.165, 1.54) is 18.2 Å². The molecule has 0 saturated carbocycles. The average Bonchev–Trinajstić information content (AvgIpc) is 2.40. The molecule has 0 saturated heterocycles. The molecule has 0 fully saturated rings. The summed E-state index contributed by atoms with van der Waals surface area (Å²) in [5, 5.41) is 7.01. The van der Waals surface area contributed by atoms with Crippen LogP contribution in [0.2, 0.25) is 20.1 Å². The molecule has 2 aromatic rings. The van der Waals surface area contributed by atoms with Gasteiger partial charge in [0.25, 0.3) is 5.91 Å². The van der Waals surface area contributed by atoms with Gasteiger partial charge in [-0.3, -0.25) is 10.1 Å². The van der Waals surface area contributed by atoms with Crippen molar-refractivity contribution in [3.8, 4) is 0 Å². The Balaban J connectivity index is 2.06. The molecule has 0 atom stereocenters. The highest BCUT2D eigenvalue weighted by atomic mass is 35.5. The molecular weight excluding hydrogens is 386 g/mol. The van der Waals surface area contributed by atoms with Crippen LogP contribution in [0.3, 0.4) is 0 Å². The first-order valence-corrected chi connectivity index (χ1v) is 7.80. The molecule has 0 radical (unpaired) electrons. The number of hydrogen-bond donors (Lipinski definition) is 2. The first kappa shape index (κ1) is 17.3. The highest BCUT2D eigenvalue weighted by molar-refractivity contribution is 7.80. The minimum atomic E-state index is -0.438. The number of hydrogen-bond acceptors (Lipinski definition) is 2. The van der Waals surface area contributed by atoms with E-state index in [0.29, 0.717) is 31.3 Å². The fourth-order valence-electron chi connectivity index (χ4n) is 1.60. The second-order valence-corrected chi connectivity index (χ2v) is 6.32. The highest BCUT2D eigenvalue weighted by Gasteiger charge is 2.11. The van der Waals surface area contributed by atoms with Crippen LogP contribution in [0.25, 0.3) is 0 Å². The van der Waals surface area contributed by atoms with Crippen molar-refractivity contribution in [1.82, 2.24) is 5.32 Å². The molecule has 2 N–H and O–H groups in total. The zero-order valence-corrected chi connectivity index (χ0v) is 14.6. The number of carbonyl (C=O) groups is 1. The highest BCUT2D eigenvalue weighted by Crippen LogP contribution is 2.25. The maximum atomic E-state index is 12.1. The van der Waals surface area contributed by atoms with Crippen molar-refractivity contribution in [2.24, 2.45) is 0 Å². The van der Waals surface area contributed by atoms with Crippen LogP contribution in [0.5, 0.6) is 0 Å². The summed E-state index contributed by atoms with van der Waals surface area (Å²) < 4.78 is 0.